The number of methoxy groups -OCH3 is 1. The Labute approximate surface area is 130 Å². The minimum Gasteiger partial charge on any atom is -0.497 e. The summed E-state index contributed by atoms with van der Waals surface area (Å²) in [7, 11) is 5.74. The lowest BCUT2D eigenvalue weighted by molar-refractivity contribution is 0.414. The van der Waals surface area contributed by atoms with Gasteiger partial charge in [-0.2, -0.15) is 0 Å². The molecule has 5 heteroatoms. The van der Waals surface area contributed by atoms with Gasteiger partial charge in [0.25, 0.3) is 0 Å². The number of hydrogen-bond donors (Lipinski definition) is 1. The zero-order valence-corrected chi connectivity index (χ0v) is 14.1. The fourth-order valence-electron chi connectivity index (χ4n) is 2.20. The van der Waals surface area contributed by atoms with Crippen LogP contribution in [-0.2, 0) is 6.54 Å². The number of hydrogen-bond acceptors (Lipinski definition) is 5. The van der Waals surface area contributed by atoms with Crippen molar-refractivity contribution in [1.29, 1.82) is 0 Å². The first kappa shape index (κ1) is 15.8. The normalized spacial score (nSPS) is 12.2. The Bertz CT molecular complexity index is 597. The molecule has 0 saturated carbocycles. The molecule has 0 saturated heterocycles. The first-order valence-corrected chi connectivity index (χ1v) is 7.85. The molecule has 1 aromatic heterocycles. The third kappa shape index (κ3) is 3.74. The molecule has 2 aromatic rings. The molecular formula is C16H23N3OS. The van der Waals surface area contributed by atoms with Crippen LogP contribution in [0.15, 0.2) is 24.3 Å². The highest BCUT2D eigenvalue weighted by Gasteiger charge is 2.15. The van der Waals surface area contributed by atoms with Gasteiger partial charge in [-0.15, -0.1) is 11.3 Å². The average Bonchev–Trinajstić information content (AvgIpc) is 2.88. The van der Waals surface area contributed by atoms with Crippen molar-refractivity contribution in [3.63, 3.8) is 0 Å². The molecule has 1 N–H and O–H groups in total. The average molecular weight is 305 g/mol. The highest BCUT2D eigenvalue weighted by atomic mass is 32.1. The summed E-state index contributed by atoms with van der Waals surface area (Å²) < 4.78 is 5.27. The number of thiazole rings is 1. The third-order valence-electron chi connectivity index (χ3n) is 3.53. The summed E-state index contributed by atoms with van der Waals surface area (Å²) in [5.74, 6) is 0.890. The molecule has 2 rings (SSSR count). The van der Waals surface area contributed by atoms with Gasteiger partial charge in [0, 0.05) is 24.5 Å². The van der Waals surface area contributed by atoms with Crippen LogP contribution in [0.3, 0.4) is 0 Å². The molecule has 0 amide bonds. The zero-order valence-electron chi connectivity index (χ0n) is 13.3. The van der Waals surface area contributed by atoms with E-state index >= 15 is 0 Å². The molecule has 0 radical (unpaired) electrons. The summed E-state index contributed by atoms with van der Waals surface area (Å²) in [5, 5.41) is 4.32. The van der Waals surface area contributed by atoms with Gasteiger partial charge in [0.05, 0.1) is 12.8 Å². The molecule has 0 aliphatic heterocycles. The second kappa shape index (κ2) is 6.91. The van der Waals surface area contributed by atoms with Crippen molar-refractivity contribution in [3.05, 3.63) is 40.4 Å². The van der Waals surface area contributed by atoms with E-state index < -0.39 is 0 Å². The van der Waals surface area contributed by atoms with Gasteiger partial charge in [0.2, 0.25) is 0 Å². The minimum absolute atomic E-state index is 0.335. The van der Waals surface area contributed by atoms with Crippen LogP contribution in [0.5, 0.6) is 5.75 Å². The Kier molecular flexibility index (Phi) is 5.20. The predicted molar refractivity (Wildman–Crippen MR) is 89.4 cm³/mol. The maximum Gasteiger partial charge on any atom is 0.185 e. The van der Waals surface area contributed by atoms with Crippen molar-refractivity contribution in [2.45, 2.75) is 26.4 Å². The van der Waals surface area contributed by atoms with Gasteiger partial charge < -0.3 is 15.0 Å². The van der Waals surface area contributed by atoms with Crippen LogP contribution in [0.4, 0.5) is 5.13 Å². The molecule has 1 aromatic carbocycles. The molecule has 0 spiro atoms. The number of benzene rings is 1. The van der Waals surface area contributed by atoms with Crippen molar-refractivity contribution in [1.82, 2.24) is 10.3 Å². The summed E-state index contributed by atoms with van der Waals surface area (Å²) in [6.45, 7) is 5.05. The van der Waals surface area contributed by atoms with Crippen LogP contribution in [0.2, 0.25) is 0 Å². The number of rotatable bonds is 6. The lowest BCUT2D eigenvalue weighted by Gasteiger charge is -2.16. The van der Waals surface area contributed by atoms with E-state index in [1.807, 2.05) is 19.2 Å². The fraction of sp³-hybridized carbons (Fsp3) is 0.438. The molecule has 0 aliphatic rings. The summed E-state index contributed by atoms with van der Waals surface area (Å²) >= 11 is 1.75. The second-order valence-corrected chi connectivity index (χ2v) is 6.17. The second-order valence-electron chi connectivity index (χ2n) is 5.16. The Morgan fingerprint density at radius 1 is 1.43 bits per heavy atom. The monoisotopic (exact) mass is 305 g/mol. The predicted octanol–water partition coefficient (Wildman–Crippen LogP) is 3.38. The molecule has 0 fully saturated rings. The van der Waals surface area contributed by atoms with Gasteiger partial charge in [-0.25, -0.2) is 4.98 Å². The van der Waals surface area contributed by atoms with E-state index in [-0.39, 0.29) is 0 Å². The number of nitrogens with zero attached hydrogens (tertiary/aromatic N) is 2. The van der Waals surface area contributed by atoms with E-state index in [2.05, 4.69) is 43.2 Å². The Balaban J connectivity index is 2.14. The highest BCUT2D eigenvalue weighted by Crippen LogP contribution is 2.30. The van der Waals surface area contributed by atoms with Gasteiger partial charge in [-0.1, -0.05) is 12.1 Å². The van der Waals surface area contributed by atoms with Crippen LogP contribution in [0.1, 0.15) is 29.1 Å². The van der Waals surface area contributed by atoms with Crippen LogP contribution in [0.25, 0.3) is 0 Å². The van der Waals surface area contributed by atoms with Crippen molar-refractivity contribution >= 4 is 16.5 Å². The summed E-state index contributed by atoms with van der Waals surface area (Å²) in [5.41, 5.74) is 2.32. The van der Waals surface area contributed by atoms with Gasteiger partial charge in [0.1, 0.15) is 5.75 Å². The topological polar surface area (TPSA) is 37.4 Å². The molecule has 1 unspecified atom stereocenters. The maximum atomic E-state index is 5.27. The van der Waals surface area contributed by atoms with E-state index in [0.717, 1.165) is 23.1 Å². The van der Waals surface area contributed by atoms with E-state index in [4.69, 9.17) is 9.72 Å². The lowest BCUT2D eigenvalue weighted by atomic mass is 10.2. The van der Waals surface area contributed by atoms with E-state index in [9.17, 15) is 0 Å². The number of anilines is 1. The minimum atomic E-state index is 0.335. The molecule has 4 nitrogen and oxygen atoms in total. The molecule has 114 valence electrons. The van der Waals surface area contributed by atoms with Crippen molar-refractivity contribution in [2.75, 3.05) is 26.1 Å². The standard InChI is InChI=1S/C16H23N3OS/c1-11(17-3)15-12(2)18-16(21-15)19(4)10-13-7-6-8-14(9-13)20-5/h6-9,11,17H,10H2,1-5H3. The van der Waals surface area contributed by atoms with Crippen LogP contribution >= 0.6 is 11.3 Å². The van der Waals surface area contributed by atoms with Crippen molar-refractivity contribution in [2.24, 2.45) is 0 Å². The van der Waals surface area contributed by atoms with Gasteiger partial charge in [0.15, 0.2) is 5.13 Å². The Morgan fingerprint density at radius 2 is 2.19 bits per heavy atom. The molecular weight excluding hydrogens is 282 g/mol. The smallest absolute Gasteiger partial charge is 0.185 e. The number of aryl methyl sites for hydroxylation is 1. The summed E-state index contributed by atoms with van der Waals surface area (Å²) in [6, 6.07) is 8.49. The number of aromatic nitrogens is 1. The van der Waals surface area contributed by atoms with Crippen molar-refractivity contribution in [3.8, 4) is 5.75 Å². The first-order chi connectivity index (χ1) is 10.0. The maximum absolute atomic E-state index is 5.27. The quantitative estimate of drug-likeness (QED) is 0.888. The van der Waals surface area contributed by atoms with Crippen LogP contribution in [-0.4, -0.2) is 26.2 Å². The van der Waals surface area contributed by atoms with Crippen molar-refractivity contribution < 1.29 is 4.74 Å². The van der Waals surface area contributed by atoms with Gasteiger partial charge >= 0.3 is 0 Å². The Morgan fingerprint density at radius 3 is 2.86 bits per heavy atom. The number of nitrogens with one attached hydrogen (secondary N) is 1. The SMILES string of the molecule is CNC(C)c1sc(N(C)Cc2cccc(OC)c2)nc1C. The van der Waals surface area contributed by atoms with Crippen LogP contribution in [0, 0.1) is 6.92 Å². The van der Waals surface area contributed by atoms with Gasteiger partial charge in [-0.3, -0.25) is 0 Å². The van der Waals surface area contributed by atoms with Crippen LogP contribution < -0.4 is 15.0 Å². The number of ether oxygens (including phenoxy) is 1. The summed E-state index contributed by atoms with van der Waals surface area (Å²) in [6.07, 6.45) is 0. The molecule has 0 bridgehead atoms. The van der Waals surface area contributed by atoms with Gasteiger partial charge in [-0.05, 0) is 38.6 Å². The van der Waals surface area contributed by atoms with E-state index in [0.29, 0.717) is 6.04 Å². The van der Waals surface area contributed by atoms with E-state index in [1.165, 1.54) is 10.4 Å². The summed E-state index contributed by atoms with van der Waals surface area (Å²) in [4.78, 5) is 8.17. The molecule has 1 atom stereocenters. The molecule has 0 aliphatic carbocycles. The zero-order chi connectivity index (χ0) is 15.4. The third-order valence-corrected chi connectivity index (χ3v) is 4.98. The first-order valence-electron chi connectivity index (χ1n) is 7.03. The fourth-order valence-corrected chi connectivity index (χ4v) is 3.29. The highest BCUT2D eigenvalue weighted by molar-refractivity contribution is 7.15. The van der Waals surface area contributed by atoms with E-state index in [1.54, 1.807) is 18.4 Å². The lowest BCUT2D eigenvalue weighted by Crippen LogP contribution is -2.16. The molecule has 21 heavy (non-hydrogen) atoms. The Hall–Kier alpha value is -1.59. The largest absolute Gasteiger partial charge is 0.497 e. The molecule has 1 heterocycles.